The van der Waals surface area contributed by atoms with Crippen molar-refractivity contribution in [3.63, 3.8) is 0 Å². The van der Waals surface area contributed by atoms with Crippen molar-refractivity contribution in [2.45, 2.75) is 19.8 Å². The molecule has 4 heteroatoms. The predicted octanol–water partition coefficient (Wildman–Crippen LogP) is 0.886. The van der Waals surface area contributed by atoms with Gasteiger partial charge in [-0.15, -0.1) is 0 Å². The van der Waals surface area contributed by atoms with Gasteiger partial charge in [-0.2, -0.15) is 0 Å². The van der Waals surface area contributed by atoms with Gasteiger partial charge in [-0.05, 0) is 19.8 Å². The van der Waals surface area contributed by atoms with Crippen molar-refractivity contribution in [3.8, 4) is 0 Å². The standard InChI is InChI=1S/C10H15NO3/c1-7(2)9(12)11-5-3-4-8(6-11)10(13)14/h8H,1,3-6H2,2H3,(H,13,14). The molecular weight excluding hydrogens is 182 g/mol. The topological polar surface area (TPSA) is 57.6 Å². The van der Waals surface area contributed by atoms with Crippen LogP contribution in [0.2, 0.25) is 0 Å². The van der Waals surface area contributed by atoms with Crippen molar-refractivity contribution in [1.82, 2.24) is 4.90 Å². The molecule has 1 N–H and O–H groups in total. The number of hydrogen-bond acceptors (Lipinski definition) is 2. The van der Waals surface area contributed by atoms with Gasteiger partial charge in [0.1, 0.15) is 0 Å². The summed E-state index contributed by atoms with van der Waals surface area (Å²) in [5.41, 5.74) is 0.469. The molecule has 0 saturated carbocycles. The number of carboxylic acid groups (broad SMARTS) is 1. The summed E-state index contributed by atoms with van der Waals surface area (Å²) in [7, 11) is 0. The Bertz CT molecular complexity index is 273. The van der Waals surface area contributed by atoms with Gasteiger partial charge >= 0.3 is 5.97 Å². The van der Waals surface area contributed by atoms with E-state index in [1.54, 1.807) is 11.8 Å². The van der Waals surface area contributed by atoms with Crippen LogP contribution < -0.4 is 0 Å². The first-order valence-corrected chi connectivity index (χ1v) is 4.70. The first-order chi connectivity index (χ1) is 6.52. The molecule has 1 fully saturated rings. The fourth-order valence-corrected chi connectivity index (χ4v) is 1.63. The van der Waals surface area contributed by atoms with Crippen LogP contribution in [0.1, 0.15) is 19.8 Å². The summed E-state index contributed by atoms with van der Waals surface area (Å²) in [5.74, 6) is -1.35. The highest BCUT2D eigenvalue weighted by atomic mass is 16.4. The summed E-state index contributed by atoms with van der Waals surface area (Å²) in [6, 6.07) is 0. The summed E-state index contributed by atoms with van der Waals surface area (Å²) < 4.78 is 0. The third kappa shape index (κ3) is 2.34. The Hall–Kier alpha value is -1.32. The van der Waals surface area contributed by atoms with Crippen LogP contribution in [0, 0.1) is 5.92 Å². The number of amides is 1. The number of likely N-dealkylation sites (tertiary alicyclic amines) is 1. The number of piperidine rings is 1. The van der Waals surface area contributed by atoms with Crippen LogP contribution >= 0.6 is 0 Å². The summed E-state index contributed by atoms with van der Waals surface area (Å²) in [6.45, 7) is 6.18. The maximum Gasteiger partial charge on any atom is 0.308 e. The molecule has 1 atom stereocenters. The van der Waals surface area contributed by atoms with Gasteiger partial charge in [0, 0.05) is 18.7 Å². The predicted molar refractivity (Wildman–Crippen MR) is 51.8 cm³/mol. The molecule has 0 radical (unpaired) electrons. The van der Waals surface area contributed by atoms with E-state index in [-0.39, 0.29) is 5.91 Å². The zero-order valence-electron chi connectivity index (χ0n) is 8.32. The fourth-order valence-electron chi connectivity index (χ4n) is 1.63. The number of carboxylic acids is 1. The molecule has 1 aliphatic heterocycles. The minimum atomic E-state index is -0.816. The van der Waals surface area contributed by atoms with Gasteiger partial charge in [0.2, 0.25) is 5.91 Å². The smallest absolute Gasteiger partial charge is 0.308 e. The van der Waals surface area contributed by atoms with Gasteiger partial charge in [-0.1, -0.05) is 6.58 Å². The van der Waals surface area contributed by atoms with E-state index in [4.69, 9.17) is 5.11 Å². The average Bonchev–Trinajstić information content (AvgIpc) is 2.16. The lowest BCUT2D eigenvalue weighted by atomic mass is 9.98. The number of hydrogen-bond donors (Lipinski definition) is 1. The van der Waals surface area contributed by atoms with E-state index >= 15 is 0 Å². The Labute approximate surface area is 83.2 Å². The van der Waals surface area contributed by atoms with Crippen LogP contribution in [0.5, 0.6) is 0 Å². The first kappa shape index (κ1) is 10.8. The van der Waals surface area contributed by atoms with Crippen molar-refractivity contribution >= 4 is 11.9 Å². The van der Waals surface area contributed by atoms with Crippen molar-refractivity contribution in [3.05, 3.63) is 12.2 Å². The van der Waals surface area contributed by atoms with Crippen LogP contribution in [0.25, 0.3) is 0 Å². The molecule has 78 valence electrons. The third-order valence-corrected chi connectivity index (χ3v) is 2.42. The molecule has 0 bridgehead atoms. The van der Waals surface area contributed by atoms with Gasteiger partial charge in [-0.3, -0.25) is 9.59 Å². The molecule has 0 aromatic carbocycles. The van der Waals surface area contributed by atoms with Crippen LogP contribution in [0.4, 0.5) is 0 Å². The van der Waals surface area contributed by atoms with Crippen molar-refractivity contribution < 1.29 is 14.7 Å². The maximum atomic E-state index is 11.5. The van der Waals surface area contributed by atoms with Gasteiger partial charge in [0.05, 0.1) is 5.92 Å². The Morgan fingerprint density at radius 2 is 2.14 bits per heavy atom. The number of rotatable bonds is 2. The van der Waals surface area contributed by atoms with E-state index in [0.29, 0.717) is 25.1 Å². The Balaban J connectivity index is 2.60. The lowest BCUT2D eigenvalue weighted by molar-refractivity contribution is -0.145. The average molecular weight is 197 g/mol. The molecule has 0 spiro atoms. The van der Waals surface area contributed by atoms with Gasteiger partial charge in [-0.25, -0.2) is 0 Å². The van der Waals surface area contributed by atoms with Crippen LogP contribution in [0.15, 0.2) is 12.2 Å². The van der Waals surface area contributed by atoms with E-state index in [1.807, 2.05) is 0 Å². The Morgan fingerprint density at radius 1 is 1.50 bits per heavy atom. The Morgan fingerprint density at radius 3 is 2.64 bits per heavy atom. The lowest BCUT2D eigenvalue weighted by Gasteiger charge is -2.30. The van der Waals surface area contributed by atoms with Crippen molar-refractivity contribution in [2.75, 3.05) is 13.1 Å². The molecule has 1 rings (SSSR count). The van der Waals surface area contributed by atoms with Crippen LogP contribution in [-0.2, 0) is 9.59 Å². The molecule has 1 unspecified atom stereocenters. The van der Waals surface area contributed by atoms with E-state index in [2.05, 4.69) is 6.58 Å². The van der Waals surface area contributed by atoms with E-state index in [0.717, 1.165) is 6.42 Å². The number of aliphatic carboxylic acids is 1. The van der Waals surface area contributed by atoms with E-state index in [1.165, 1.54) is 0 Å². The van der Waals surface area contributed by atoms with Gasteiger partial charge in [0.25, 0.3) is 0 Å². The summed E-state index contributed by atoms with van der Waals surface area (Å²) >= 11 is 0. The summed E-state index contributed by atoms with van der Waals surface area (Å²) in [5, 5.41) is 8.82. The first-order valence-electron chi connectivity index (χ1n) is 4.70. The molecule has 1 aliphatic rings. The second-order valence-corrected chi connectivity index (χ2v) is 3.71. The lowest BCUT2D eigenvalue weighted by Crippen LogP contribution is -2.42. The normalized spacial score (nSPS) is 21.8. The fraction of sp³-hybridized carbons (Fsp3) is 0.600. The second-order valence-electron chi connectivity index (χ2n) is 3.71. The molecule has 0 aromatic heterocycles. The summed E-state index contributed by atoms with van der Waals surface area (Å²) in [6.07, 6.45) is 1.42. The zero-order valence-corrected chi connectivity index (χ0v) is 8.32. The van der Waals surface area contributed by atoms with Crippen LogP contribution in [0.3, 0.4) is 0 Å². The highest BCUT2D eigenvalue weighted by Crippen LogP contribution is 2.17. The minimum absolute atomic E-state index is 0.129. The van der Waals surface area contributed by atoms with Gasteiger partial charge in [0.15, 0.2) is 0 Å². The molecular formula is C10H15NO3. The number of carbonyl (C=O) groups excluding carboxylic acids is 1. The van der Waals surface area contributed by atoms with Gasteiger partial charge < -0.3 is 10.0 Å². The minimum Gasteiger partial charge on any atom is -0.481 e. The zero-order chi connectivity index (χ0) is 10.7. The SMILES string of the molecule is C=C(C)C(=O)N1CCCC(C(=O)O)C1. The maximum absolute atomic E-state index is 11.5. The quantitative estimate of drug-likeness (QED) is 0.669. The largest absolute Gasteiger partial charge is 0.481 e. The second kappa shape index (κ2) is 4.26. The number of nitrogens with zero attached hydrogens (tertiary/aromatic N) is 1. The molecule has 0 aromatic rings. The molecule has 1 heterocycles. The highest BCUT2D eigenvalue weighted by Gasteiger charge is 2.27. The molecule has 4 nitrogen and oxygen atoms in total. The van der Waals surface area contributed by atoms with Crippen LogP contribution in [-0.4, -0.2) is 35.0 Å². The van der Waals surface area contributed by atoms with Crippen molar-refractivity contribution in [1.29, 1.82) is 0 Å². The molecule has 1 amide bonds. The highest BCUT2D eigenvalue weighted by molar-refractivity contribution is 5.92. The monoisotopic (exact) mass is 197 g/mol. The van der Waals surface area contributed by atoms with E-state index < -0.39 is 11.9 Å². The van der Waals surface area contributed by atoms with Crippen molar-refractivity contribution in [2.24, 2.45) is 5.92 Å². The van der Waals surface area contributed by atoms with E-state index in [9.17, 15) is 9.59 Å². The third-order valence-electron chi connectivity index (χ3n) is 2.42. The molecule has 1 saturated heterocycles. The molecule has 0 aliphatic carbocycles. The summed E-state index contributed by atoms with van der Waals surface area (Å²) in [4.78, 5) is 23.8. The molecule has 14 heavy (non-hydrogen) atoms. The Kier molecular flexibility index (Phi) is 3.28. The number of carbonyl (C=O) groups is 2.